The molecule has 0 unspecified atom stereocenters. The van der Waals surface area contributed by atoms with Gasteiger partial charge in [-0.2, -0.15) is 0 Å². The second kappa shape index (κ2) is 18.1. The Morgan fingerprint density at radius 2 is 1.36 bits per heavy atom. The molecule has 5 heteroatoms. The lowest BCUT2D eigenvalue weighted by Crippen LogP contribution is -2.63. The average Bonchev–Trinajstić information content (AvgIpc) is 2.66. The molecule has 0 saturated heterocycles. The van der Waals surface area contributed by atoms with Crippen LogP contribution in [0.4, 0.5) is 0 Å². The van der Waals surface area contributed by atoms with Crippen LogP contribution in [0.2, 0.25) is 0 Å². The number of hydrazine groups is 1. The van der Waals surface area contributed by atoms with Crippen LogP contribution in [0.1, 0.15) is 111 Å². The summed E-state index contributed by atoms with van der Waals surface area (Å²) >= 11 is 0. The second-order valence-electron chi connectivity index (χ2n) is 8.27. The van der Waals surface area contributed by atoms with Crippen molar-refractivity contribution < 1.29 is 9.90 Å². The molecule has 0 saturated carbocycles. The number of nitrogens with one attached hydrogen (secondary N) is 2. The zero-order valence-electron chi connectivity index (χ0n) is 18.8. The minimum absolute atomic E-state index is 0.294. The van der Waals surface area contributed by atoms with E-state index in [9.17, 15) is 9.90 Å². The van der Waals surface area contributed by atoms with E-state index in [1.165, 1.54) is 77.0 Å². The molecule has 5 nitrogen and oxygen atoms in total. The van der Waals surface area contributed by atoms with E-state index < -0.39 is 11.6 Å². The molecule has 0 aliphatic heterocycles. The van der Waals surface area contributed by atoms with Gasteiger partial charge in [0, 0.05) is 12.5 Å². The summed E-state index contributed by atoms with van der Waals surface area (Å²) in [4.78, 5) is 11.3. The van der Waals surface area contributed by atoms with Gasteiger partial charge >= 0.3 is 0 Å². The lowest BCUT2D eigenvalue weighted by molar-refractivity contribution is -0.147. The van der Waals surface area contributed by atoms with Gasteiger partial charge in [0.2, 0.25) is 5.72 Å². The summed E-state index contributed by atoms with van der Waals surface area (Å²) in [6, 6.07) is 0. The number of allylic oxidation sites excluding steroid dienone is 2. The number of primary amides is 1. The van der Waals surface area contributed by atoms with E-state index in [4.69, 9.17) is 5.73 Å². The number of hydrogen-bond acceptors (Lipinski definition) is 4. The van der Waals surface area contributed by atoms with Crippen molar-refractivity contribution in [2.24, 2.45) is 11.7 Å². The van der Waals surface area contributed by atoms with Crippen molar-refractivity contribution in [2.75, 3.05) is 6.54 Å². The zero-order valence-corrected chi connectivity index (χ0v) is 18.8. The summed E-state index contributed by atoms with van der Waals surface area (Å²) < 4.78 is 0. The number of amides is 1. The summed E-state index contributed by atoms with van der Waals surface area (Å²) in [5.74, 6) is -1.05. The predicted molar refractivity (Wildman–Crippen MR) is 120 cm³/mol. The van der Waals surface area contributed by atoms with Gasteiger partial charge in [-0.15, -0.1) is 0 Å². The highest BCUT2D eigenvalue weighted by Gasteiger charge is 2.37. The maximum atomic E-state index is 11.3. The highest BCUT2D eigenvalue weighted by Crippen LogP contribution is 2.12. The first-order valence-corrected chi connectivity index (χ1v) is 11.6. The molecule has 0 radical (unpaired) electrons. The molecular weight excluding hydrogens is 350 g/mol. The third-order valence-corrected chi connectivity index (χ3v) is 5.30. The number of aliphatic hydroxyl groups is 1. The Kier molecular flexibility index (Phi) is 17.6. The van der Waals surface area contributed by atoms with Gasteiger partial charge in [0.1, 0.15) is 0 Å². The Hall–Kier alpha value is -0.910. The van der Waals surface area contributed by atoms with Gasteiger partial charge in [-0.25, -0.2) is 5.43 Å². The fourth-order valence-electron chi connectivity index (χ4n) is 3.15. The summed E-state index contributed by atoms with van der Waals surface area (Å²) in [5.41, 5.74) is 9.16. The maximum absolute atomic E-state index is 11.3. The lowest BCUT2D eigenvalue weighted by Gasteiger charge is -2.29. The minimum atomic E-state index is -1.69. The normalized spacial score (nSPS) is 14.0. The molecular formula is C23H47N3O2. The van der Waals surface area contributed by atoms with Gasteiger partial charge in [0.15, 0.2) is 0 Å². The Morgan fingerprint density at radius 3 is 1.82 bits per heavy atom. The van der Waals surface area contributed by atoms with Gasteiger partial charge in [0.05, 0.1) is 0 Å². The molecule has 0 aliphatic rings. The summed E-state index contributed by atoms with van der Waals surface area (Å²) in [5, 5.41) is 10.1. The van der Waals surface area contributed by atoms with Crippen molar-refractivity contribution in [3.05, 3.63) is 12.2 Å². The third-order valence-electron chi connectivity index (χ3n) is 5.30. The summed E-state index contributed by atoms with van der Waals surface area (Å²) in [6.45, 7) is 6.48. The Morgan fingerprint density at radius 1 is 0.893 bits per heavy atom. The Labute approximate surface area is 173 Å². The van der Waals surface area contributed by atoms with Crippen LogP contribution in [0.15, 0.2) is 12.2 Å². The predicted octanol–water partition coefficient (Wildman–Crippen LogP) is 4.95. The number of rotatable bonds is 20. The molecule has 1 amide bonds. The topological polar surface area (TPSA) is 87.4 Å². The van der Waals surface area contributed by atoms with Crippen LogP contribution < -0.4 is 16.6 Å². The first-order valence-electron chi connectivity index (χ1n) is 11.6. The van der Waals surface area contributed by atoms with Gasteiger partial charge in [-0.1, -0.05) is 90.7 Å². The van der Waals surface area contributed by atoms with Crippen LogP contribution in [0.3, 0.4) is 0 Å². The average molecular weight is 398 g/mol. The molecule has 0 bridgehead atoms. The van der Waals surface area contributed by atoms with Gasteiger partial charge < -0.3 is 10.8 Å². The monoisotopic (exact) mass is 397 g/mol. The smallest absolute Gasteiger partial charge is 0.266 e. The first-order chi connectivity index (χ1) is 13.4. The number of unbranched alkanes of at least 4 members (excludes halogenated alkanes) is 12. The molecule has 0 rings (SSSR count). The molecule has 0 fully saturated rings. The molecule has 5 N–H and O–H groups in total. The van der Waals surface area contributed by atoms with Crippen molar-refractivity contribution in [3.8, 4) is 0 Å². The Balaban J connectivity index is 3.38. The quantitative estimate of drug-likeness (QED) is 0.101. The highest BCUT2D eigenvalue weighted by atomic mass is 16.3. The molecule has 0 aromatic heterocycles. The maximum Gasteiger partial charge on any atom is 0.266 e. The molecule has 0 heterocycles. The van der Waals surface area contributed by atoms with Crippen LogP contribution in [0, 0.1) is 5.92 Å². The number of carbonyl (C=O) groups excluding carboxylic acids is 1. The standard InChI is InChI=1S/C23H47N3O2/c1-4-5-6-7-8-9-10-11-12-13-14-15-16-17-18-19-20-25-26-23(28,21(2)3)22(24)27/h11-12,21,25-26,28H,4-10,13-20H2,1-3H3,(H2,24,27)/b12-11-/t23-/m1/s1. The van der Waals surface area contributed by atoms with Gasteiger partial charge in [0.25, 0.3) is 5.91 Å². The van der Waals surface area contributed by atoms with Crippen LogP contribution in [0.25, 0.3) is 0 Å². The van der Waals surface area contributed by atoms with E-state index in [1.54, 1.807) is 13.8 Å². The number of carbonyl (C=O) groups is 1. The van der Waals surface area contributed by atoms with Crippen molar-refractivity contribution in [1.29, 1.82) is 0 Å². The van der Waals surface area contributed by atoms with Gasteiger partial charge in [-0.3, -0.25) is 10.2 Å². The fraction of sp³-hybridized carbons (Fsp3) is 0.870. The van der Waals surface area contributed by atoms with Crippen LogP contribution in [0.5, 0.6) is 0 Å². The van der Waals surface area contributed by atoms with Crippen molar-refractivity contribution >= 4 is 5.91 Å². The van der Waals surface area contributed by atoms with Crippen LogP contribution in [-0.4, -0.2) is 23.3 Å². The molecule has 0 spiro atoms. The van der Waals surface area contributed by atoms with Gasteiger partial charge in [-0.05, 0) is 32.1 Å². The van der Waals surface area contributed by atoms with E-state index in [0.717, 1.165) is 12.8 Å². The molecule has 0 aromatic rings. The molecule has 1 atom stereocenters. The van der Waals surface area contributed by atoms with E-state index >= 15 is 0 Å². The lowest BCUT2D eigenvalue weighted by atomic mass is 10.00. The van der Waals surface area contributed by atoms with E-state index in [1.807, 2.05) is 0 Å². The van der Waals surface area contributed by atoms with Crippen molar-refractivity contribution in [3.63, 3.8) is 0 Å². The molecule has 28 heavy (non-hydrogen) atoms. The number of hydrogen-bond donors (Lipinski definition) is 4. The Bertz CT molecular complexity index is 399. The van der Waals surface area contributed by atoms with Crippen LogP contribution >= 0.6 is 0 Å². The highest BCUT2D eigenvalue weighted by molar-refractivity contribution is 5.82. The molecule has 166 valence electrons. The summed E-state index contributed by atoms with van der Waals surface area (Å²) in [7, 11) is 0. The van der Waals surface area contributed by atoms with E-state index in [2.05, 4.69) is 29.9 Å². The van der Waals surface area contributed by atoms with Crippen molar-refractivity contribution in [1.82, 2.24) is 10.9 Å². The molecule has 0 aromatic carbocycles. The van der Waals surface area contributed by atoms with E-state index in [-0.39, 0.29) is 5.92 Å². The zero-order chi connectivity index (χ0) is 21.1. The number of nitrogens with two attached hydrogens (primary N) is 1. The SMILES string of the molecule is CCCCCCCC/C=C\CCCCCCCCNN[C@](O)(C(N)=O)C(C)C. The second-order valence-corrected chi connectivity index (χ2v) is 8.27. The van der Waals surface area contributed by atoms with Crippen molar-refractivity contribution in [2.45, 2.75) is 116 Å². The molecule has 0 aliphatic carbocycles. The first kappa shape index (κ1) is 27.1. The minimum Gasteiger partial charge on any atom is -0.366 e. The van der Waals surface area contributed by atoms with Crippen LogP contribution in [-0.2, 0) is 4.79 Å². The largest absolute Gasteiger partial charge is 0.366 e. The van der Waals surface area contributed by atoms with E-state index in [0.29, 0.717) is 6.54 Å². The third kappa shape index (κ3) is 14.1. The summed E-state index contributed by atoms with van der Waals surface area (Å²) in [6.07, 6.45) is 22.7. The fourth-order valence-corrected chi connectivity index (χ4v) is 3.15.